The van der Waals surface area contributed by atoms with Gasteiger partial charge in [-0.1, -0.05) is 57.9 Å². The molecule has 3 atom stereocenters. The summed E-state index contributed by atoms with van der Waals surface area (Å²) >= 11 is 0. The Kier molecular flexibility index (Phi) is 9.17. The number of esters is 1. The van der Waals surface area contributed by atoms with Crippen molar-refractivity contribution in [3.05, 3.63) is 47.1 Å². The molecule has 0 radical (unpaired) electrons. The Hall–Kier alpha value is -1.92. The summed E-state index contributed by atoms with van der Waals surface area (Å²) in [7, 11) is -4.50. The molecule has 0 heterocycles. The molecule has 37 heavy (non-hydrogen) atoms. The number of aromatic hydroxyl groups is 1. The van der Waals surface area contributed by atoms with E-state index in [9.17, 15) is 19.4 Å². The fourth-order valence-electron chi connectivity index (χ4n) is 4.97. The maximum Gasteiger partial charge on any atom is 0.473 e. The maximum atomic E-state index is 13.5. The average Bonchev–Trinajstić information content (AvgIpc) is 2.74. The van der Waals surface area contributed by atoms with E-state index in [1.807, 2.05) is 34.6 Å². The molecule has 2 N–H and O–H groups in total. The summed E-state index contributed by atoms with van der Waals surface area (Å²) in [6.07, 6.45) is 6.67. The number of carbonyl (C=O) groups excluding carboxylic acids is 1. The van der Waals surface area contributed by atoms with Crippen molar-refractivity contribution in [3.63, 3.8) is 0 Å². The molecule has 0 bridgehead atoms. The Bertz CT molecular complexity index is 1090. The predicted molar refractivity (Wildman–Crippen MR) is 145 cm³/mol. The lowest BCUT2D eigenvalue weighted by atomic mass is 9.73. The summed E-state index contributed by atoms with van der Waals surface area (Å²) in [6.45, 7) is 15.9. The largest absolute Gasteiger partial charge is 0.507 e. The zero-order valence-corrected chi connectivity index (χ0v) is 24.0. The van der Waals surface area contributed by atoms with Crippen LogP contribution in [0.4, 0.5) is 0 Å². The molecule has 0 saturated heterocycles. The van der Waals surface area contributed by atoms with Gasteiger partial charge in [0.2, 0.25) is 0 Å². The number of rotatable bonds is 10. The Labute approximate surface area is 221 Å². The van der Waals surface area contributed by atoms with Crippen LogP contribution in [0.15, 0.2) is 35.9 Å². The zero-order valence-electron chi connectivity index (χ0n) is 23.1. The first-order chi connectivity index (χ1) is 17.2. The molecule has 7 nitrogen and oxygen atoms in total. The lowest BCUT2D eigenvalue weighted by Crippen LogP contribution is -2.49. The van der Waals surface area contributed by atoms with Crippen molar-refractivity contribution in [2.24, 2.45) is 11.3 Å². The lowest BCUT2D eigenvalue weighted by Gasteiger charge is -2.39. The first kappa shape index (κ1) is 29.6. The summed E-state index contributed by atoms with van der Waals surface area (Å²) in [5.41, 5.74) is 1.66. The second-order valence-electron chi connectivity index (χ2n) is 11.9. The van der Waals surface area contributed by atoms with E-state index in [4.69, 9.17) is 13.8 Å². The summed E-state index contributed by atoms with van der Waals surface area (Å²) in [6, 6.07) is 3.53. The topological polar surface area (TPSA) is 102 Å². The molecule has 0 aliphatic heterocycles. The Morgan fingerprint density at radius 3 is 2.49 bits per heavy atom. The smallest absolute Gasteiger partial charge is 0.473 e. The number of phenolic OH excluding ortho intramolecular Hbond substituents is 1. The van der Waals surface area contributed by atoms with Crippen LogP contribution in [0.1, 0.15) is 97.1 Å². The highest BCUT2D eigenvalue weighted by Crippen LogP contribution is 2.54. The zero-order chi connectivity index (χ0) is 27.6. The van der Waals surface area contributed by atoms with Crippen LogP contribution in [0, 0.1) is 11.3 Å². The van der Waals surface area contributed by atoms with Crippen LogP contribution in [0.25, 0.3) is 0 Å². The van der Waals surface area contributed by atoms with Gasteiger partial charge in [0.15, 0.2) is 5.60 Å². The van der Waals surface area contributed by atoms with Gasteiger partial charge in [-0.05, 0) is 81.4 Å². The molecule has 2 aliphatic rings. The van der Waals surface area contributed by atoms with Crippen molar-refractivity contribution >= 4 is 13.8 Å². The first-order valence-electron chi connectivity index (χ1n) is 13.3. The lowest BCUT2D eigenvalue weighted by molar-refractivity contribution is -0.163. The highest BCUT2D eigenvalue weighted by atomic mass is 31.2. The number of phenols is 1. The second-order valence-corrected chi connectivity index (χ2v) is 13.3. The van der Waals surface area contributed by atoms with E-state index in [1.54, 1.807) is 12.1 Å². The molecule has 0 spiro atoms. The Morgan fingerprint density at radius 2 is 1.95 bits per heavy atom. The van der Waals surface area contributed by atoms with Crippen molar-refractivity contribution in [1.82, 2.24) is 0 Å². The van der Waals surface area contributed by atoms with E-state index in [-0.39, 0.29) is 48.2 Å². The molecule has 0 aromatic heterocycles. The van der Waals surface area contributed by atoms with Crippen LogP contribution in [0.5, 0.6) is 11.5 Å². The van der Waals surface area contributed by atoms with Crippen molar-refractivity contribution < 1.29 is 33.1 Å². The number of aryl methyl sites for hydroxylation is 1. The molecular weight excluding hydrogens is 491 g/mol. The molecule has 3 rings (SSSR count). The molecule has 0 amide bonds. The molecule has 1 aromatic rings. The normalized spacial score (nSPS) is 22.9. The van der Waals surface area contributed by atoms with Crippen LogP contribution < -0.4 is 4.74 Å². The van der Waals surface area contributed by atoms with Gasteiger partial charge in [-0.25, -0.2) is 9.36 Å². The van der Waals surface area contributed by atoms with Crippen molar-refractivity contribution in [3.8, 4) is 11.5 Å². The fraction of sp³-hybridized carbons (Fsp3) is 0.621. The fourth-order valence-corrected chi connectivity index (χ4v) is 6.27. The van der Waals surface area contributed by atoms with Gasteiger partial charge >= 0.3 is 13.8 Å². The summed E-state index contributed by atoms with van der Waals surface area (Å²) in [4.78, 5) is 23.9. The number of hydrogen-bond acceptors (Lipinski definition) is 6. The molecule has 1 saturated carbocycles. The van der Waals surface area contributed by atoms with Crippen LogP contribution in [0.2, 0.25) is 0 Å². The SMILES string of the molecule is C=C(C)[C@@H]1CCC(C)=C[C@H]1c1c(O)cc(CCC)cc1OC(=O)C1(OP(=O)(O)OCC(C)(C)C)CCC1. The van der Waals surface area contributed by atoms with E-state index in [2.05, 4.69) is 19.6 Å². The van der Waals surface area contributed by atoms with E-state index in [0.29, 0.717) is 18.4 Å². The minimum Gasteiger partial charge on any atom is -0.507 e. The van der Waals surface area contributed by atoms with Crippen molar-refractivity contribution in [2.45, 2.75) is 98.0 Å². The quantitative estimate of drug-likeness (QED) is 0.140. The number of carbonyl (C=O) groups is 1. The van der Waals surface area contributed by atoms with E-state index < -0.39 is 19.4 Å². The first-order valence-corrected chi connectivity index (χ1v) is 14.7. The van der Waals surface area contributed by atoms with Crippen LogP contribution in [-0.4, -0.2) is 28.2 Å². The molecule has 206 valence electrons. The van der Waals surface area contributed by atoms with E-state index in [0.717, 1.165) is 30.4 Å². The predicted octanol–water partition coefficient (Wildman–Crippen LogP) is 7.37. The van der Waals surface area contributed by atoms with E-state index >= 15 is 0 Å². The monoisotopic (exact) mass is 534 g/mol. The number of ether oxygens (including phenoxy) is 1. The summed E-state index contributed by atoms with van der Waals surface area (Å²) in [5.74, 6) is -0.539. The third kappa shape index (κ3) is 7.35. The summed E-state index contributed by atoms with van der Waals surface area (Å²) in [5, 5.41) is 11.2. The van der Waals surface area contributed by atoms with Gasteiger partial charge in [0, 0.05) is 11.5 Å². The highest BCUT2D eigenvalue weighted by Gasteiger charge is 2.52. The van der Waals surface area contributed by atoms with E-state index in [1.165, 1.54) is 5.57 Å². The van der Waals surface area contributed by atoms with Crippen LogP contribution >= 0.6 is 7.82 Å². The summed E-state index contributed by atoms with van der Waals surface area (Å²) < 4.78 is 29.4. The van der Waals surface area contributed by atoms with Gasteiger partial charge in [-0.3, -0.25) is 9.05 Å². The standard InChI is InChI=1S/C29H43O7P/c1-8-10-21-16-24(30)26(23-15-20(4)11-12-22(23)19(2)3)25(17-21)35-27(31)29(13-9-14-29)36-37(32,33)34-18-28(5,6)7/h15-17,22-23,30H,2,8-14,18H2,1,3-7H3,(H,32,33)/t22-,23+/m0/s1. The molecule has 1 fully saturated rings. The molecular formula is C29H43O7P. The maximum absolute atomic E-state index is 13.5. The second kappa shape index (κ2) is 11.4. The van der Waals surface area contributed by atoms with Crippen LogP contribution in [-0.2, 0) is 24.8 Å². The van der Waals surface area contributed by atoms with Gasteiger partial charge < -0.3 is 14.7 Å². The molecule has 1 unspecified atom stereocenters. The minimum absolute atomic E-state index is 0.00134. The van der Waals surface area contributed by atoms with Crippen molar-refractivity contribution in [2.75, 3.05) is 6.61 Å². The van der Waals surface area contributed by atoms with Crippen molar-refractivity contribution in [1.29, 1.82) is 0 Å². The van der Waals surface area contributed by atoms with Gasteiger partial charge in [0.05, 0.1) is 6.61 Å². The van der Waals surface area contributed by atoms with Gasteiger partial charge in [-0.2, -0.15) is 0 Å². The number of allylic oxidation sites excluding steroid dienone is 3. The Morgan fingerprint density at radius 1 is 1.27 bits per heavy atom. The number of hydrogen-bond donors (Lipinski definition) is 2. The number of phosphoric ester groups is 1. The van der Waals surface area contributed by atoms with Crippen LogP contribution in [0.3, 0.4) is 0 Å². The average molecular weight is 535 g/mol. The van der Waals surface area contributed by atoms with Gasteiger partial charge in [-0.15, -0.1) is 0 Å². The Balaban J connectivity index is 1.97. The molecule has 2 aliphatic carbocycles. The number of benzene rings is 1. The molecule has 8 heteroatoms. The number of phosphoric acid groups is 1. The van der Waals surface area contributed by atoms with Gasteiger partial charge in [0.1, 0.15) is 11.5 Å². The third-order valence-corrected chi connectivity index (χ3v) is 8.15. The van der Waals surface area contributed by atoms with Gasteiger partial charge in [0.25, 0.3) is 0 Å². The third-order valence-electron chi connectivity index (χ3n) is 7.12. The minimum atomic E-state index is -4.50. The molecule has 1 aromatic carbocycles. The highest BCUT2D eigenvalue weighted by molar-refractivity contribution is 7.47.